The van der Waals surface area contributed by atoms with Crippen molar-refractivity contribution in [3.8, 4) is 0 Å². The van der Waals surface area contributed by atoms with E-state index in [1.165, 1.54) is 6.20 Å². The number of H-pyrrole nitrogens is 1. The summed E-state index contributed by atoms with van der Waals surface area (Å²) in [6, 6.07) is 1.71. The number of hydrogen-bond donors (Lipinski definition) is 2. The lowest BCUT2D eigenvalue weighted by Gasteiger charge is -1.97. The van der Waals surface area contributed by atoms with E-state index in [-0.39, 0.29) is 5.69 Å². The summed E-state index contributed by atoms with van der Waals surface area (Å²) in [5.74, 6) is -1.07. The van der Waals surface area contributed by atoms with Crippen LogP contribution in [0.15, 0.2) is 18.5 Å². The standard InChI is InChI=1S/C8H5ClN2O2/c9-5-3-11-7(8(12)13)6-4(5)1-2-10-6/h1-3,10H,(H,12,13). The first kappa shape index (κ1) is 8.07. The Labute approximate surface area is 78.2 Å². The highest BCUT2D eigenvalue weighted by atomic mass is 35.5. The van der Waals surface area contributed by atoms with Crippen molar-refractivity contribution in [2.24, 2.45) is 0 Å². The second kappa shape index (κ2) is 2.74. The van der Waals surface area contributed by atoms with Gasteiger partial charge in [0, 0.05) is 17.8 Å². The lowest BCUT2D eigenvalue weighted by atomic mass is 10.2. The van der Waals surface area contributed by atoms with Crippen molar-refractivity contribution in [3.63, 3.8) is 0 Å². The highest BCUT2D eigenvalue weighted by Gasteiger charge is 2.12. The van der Waals surface area contributed by atoms with Gasteiger partial charge in [0.05, 0.1) is 10.5 Å². The molecule has 0 aliphatic heterocycles. The zero-order chi connectivity index (χ0) is 9.42. The van der Waals surface area contributed by atoms with E-state index in [0.717, 1.165) is 0 Å². The molecule has 0 radical (unpaired) electrons. The Kier molecular flexibility index (Phi) is 1.70. The number of halogens is 1. The second-order valence-electron chi connectivity index (χ2n) is 2.53. The van der Waals surface area contributed by atoms with Crippen molar-refractivity contribution >= 4 is 28.5 Å². The number of nitrogens with one attached hydrogen (secondary N) is 1. The van der Waals surface area contributed by atoms with Gasteiger partial charge in [-0.2, -0.15) is 0 Å². The third-order valence-electron chi connectivity index (χ3n) is 1.75. The number of hydrogen-bond acceptors (Lipinski definition) is 2. The lowest BCUT2D eigenvalue weighted by molar-refractivity contribution is 0.0692. The molecule has 2 aromatic heterocycles. The van der Waals surface area contributed by atoms with E-state index in [9.17, 15) is 4.79 Å². The molecular formula is C8H5ClN2O2. The molecule has 0 fully saturated rings. The van der Waals surface area contributed by atoms with E-state index >= 15 is 0 Å². The number of carboxylic acid groups (broad SMARTS) is 1. The summed E-state index contributed by atoms with van der Waals surface area (Å²) in [5.41, 5.74) is 0.449. The van der Waals surface area contributed by atoms with Crippen LogP contribution in [0.2, 0.25) is 5.02 Å². The average Bonchev–Trinajstić information content (AvgIpc) is 2.53. The Morgan fingerprint density at radius 2 is 2.38 bits per heavy atom. The van der Waals surface area contributed by atoms with Crippen molar-refractivity contribution in [2.75, 3.05) is 0 Å². The molecule has 2 rings (SSSR count). The quantitative estimate of drug-likeness (QED) is 0.732. The smallest absolute Gasteiger partial charge is 0.356 e. The first-order chi connectivity index (χ1) is 6.20. The molecule has 2 heterocycles. The molecule has 0 aliphatic rings. The van der Waals surface area contributed by atoms with Crippen LogP contribution in [0.4, 0.5) is 0 Å². The number of pyridine rings is 1. The summed E-state index contributed by atoms with van der Waals surface area (Å²) in [6.07, 6.45) is 2.96. The topological polar surface area (TPSA) is 66.0 Å². The molecule has 0 saturated carbocycles. The number of aromatic amines is 1. The van der Waals surface area contributed by atoms with Crippen LogP contribution >= 0.6 is 11.6 Å². The van der Waals surface area contributed by atoms with Gasteiger partial charge in [0.1, 0.15) is 0 Å². The van der Waals surface area contributed by atoms with E-state index in [2.05, 4.69) is 9.97 Å². The third kappa shape index (κ3) is 1.15. The largest absolute Gasteiger partial charge is 0.476 e. The SMILES string of the molecule is O=C(O)c1ncc(Cl)c2cc[nH]c12. The third-order valence-corrected chi connectivity index (χ3v) is 2.05. The van der Waals surface area contributed by atoms with Gasteiger partial charge in [0.25, 0.3) is 0 Å². The highest BCUT2D eigenvalue weighted by Crippen LogP contribution is 2.23. The van der Waals surface area contributed by atoms with Crippen LogP contribution in [-0.2, 0) is 0 Å². The van der Waals surface area contributed by atoms with E-state index in [4.69, 9.17) is 16.7 Å². The van der Waals surface area contributed by atoms with Crippen molar-refractivity contribution in [3.05, 3.63) is 29.2 Å². The number of aromatic carboxylic acids is 1. The minimum absolute atomic E-state index is 0.00981. The Morgan fingerprint density at radius 3 is 3.08 bits per heavy atom. The average molecular weight is 197 g/mol. The number of aromatic nitrogens is 2. The molecule has 0 bridgehead atoms. The van der Waals surface area contributed by atoms with Crippen molar-refractivity contribution in [1.29, 1.82) is 0 Å². The molecule has 0 unspecified atom stereocenters. The fourth-order valence-electron chi connectivity index (χ4n) is 1.18. The fourth-order valence-corrected chi connectivity index (χ4v) is 1.39. The maximum atomic E-state index is 10.7. The van der Waals surface area contributed by atoms with Crippen molar-refractivity contribution in [1.82, 2.24) is 9.97 Å². The summed E-state index contributed by atoms with van der Waals surface area (Å²) in [5, 5.41) is 9.89. The summed E-state index contributed by atoms with van der Waals surface area (Å²) in [6.45, 7) is 0. The van der Waals surface area contributed by atoms with Gasteiger partial charge >= 0.3 is 5.97 Å². The van der Waals surface area contributed by atoms with Crippen LogP contribution in [-0.4, -0.2) is 21.0 Å². The molecule has 0 aromatic carbocycles. The number of carboxylic acids is 1. The van der Waals surface area contributed by atoms with E-state index in [0.29, 0.717) is 15.9 Å². The van der Waals surface area contributed by atoms with Gasteiger partial charge in [-0.3, -0.25) is 0 Å². The molecule has 2 aromatic rings. The Balaban J connectivity index is 2.86. The summed E-state index contributed by atoms with van der Waals surface area (Å²) >= 11 is 5.80. The molecule has 2 N–H and O–H groups in total. The molecule has 0 atom stereocenters. The number of fused-ring (bicyclic) bond motifs is 1. The first-order valence-corrected chi connectivity index (χ1v) is 3.93. The Hall–Kier alpha value is -1.55. The molecule has 0 spiro atoms. The number of nitrogens with zero attached hydrogens (tertiary/aromatic N) is 1. The van der Waals surface area contributed by atoms with Crippen LogP contribution in [0, 0.1) is 0 Å². The van der Waals surface area contributed by atoms with Gasteiger partial charge in [-0.05, 0) is 6.07 Å². The van der Waals surface area contributed by atoms with Crippen LogP contribution < -0.4 is 0 Å². The minimum Gasteiger partial charge on any atom is -0.476 e. The first-order valence-electron chi connectivity index (χ1n) is 3.55. The van der Waals surface area contributed by atoms with E-state index in [1.807, 2.05) is 0 Å². The monoisotopic (exact) mass is 196 g/mol. The Morgan fingerprint density at radius 1 is 1.62 bits per heavy atom. The molecule has 5 heteroatoms. The molecule has 0 amide bonds. The van der Waals surface area contributed by atoms with Gasteiger partial charge in [-0.1, -0.05) is 11.6 Å². The van der Waals surface area contributed by atoms with E-state index in [1.54, 1.807) is 12.3 Å². The maximum Gasteiger partial charge on any atom is 0.356 e. The zero-order valence-corrected chi connectivity index (χ0v) is 7.17. The van der Waals surface area contributed by atoms with Crippen molar-refractivity contribution in [2.45, 2.75) is 0 Å². The zero-order valence-electron chi connectivity index (χ0n) is 6.41. The lowest BCUT2D eigenvalue weighted by Crippen LogP contribution is -2.00. The molecular weight excluding hydrogens is 192 g/mol. The molecule has 0 saturated heterocycles. The van der Waals surface area contributed by atoms with Gasteiger partial charge < -0.3 is 10.1 Å². The second-order valence-corrected chi connectivity index (χ2v) is 2.93. The van der Waals surface area contributed by atoms with E-state index < -0.39 is 5.97 Å². The summed E-state index contributed by atoms with van der Waals surface area (Å²) in [7, 11) is 0. The van der Waals surface area contributed by atoms with Gasteiger partial charge in [-0.25, -0.2) is 9.78 Å². The van der Waals surface area contributed by atoms with Crippen LogP contribution in [0.1, 0.15) is 10.5 Å². The van der Waals surface area contributed by atoms with Gasteiger partial charge in [0.2, 0.25) is 0 Å². The Bertz CT molecular complexity index is 478. The van der Waals surface area contributed by atoms with Crippen molar-refractivity contribution < 1.29 is 9.90 Å². The molecule has 4 nitrogen and oxygen atoms in total. The van der Waals surface area contributed by atoms with Crippen LogP contribution in [0.5, 0.6) is 0 Å². The van der Waals surface area contributed by atoms with Crippen LogP contribution in [0.3, 0.4) is 0 Å². The number of rotatable bonds is 1. The number of carbonyl (C=O) groups is 1. The van der Waals surface area contributed by atoms with Gasteiger partial charge in [-0.15, -0.1) is 0 Å². The molecule has 13 heavy (non-hydrogen) atoms. The predicted molar refractivity (Wildman–Crippen MR) is 48.1 cm³/mol. The normalized spacial score (nSPS) is 10.5. The van der Waals surface area contributed by atoms with Gasteiger partial charge in [0.15, 0.2) is 5.69 Å². The maximum absolute atomic E-state index is 10.7. The highest BCUT2D eigenvalue weighted by molar-refractivity contribution is 6.35. The summed E-state index contributed by atoms with van der Waals surface area (Å²) < 4.78 is 0. The summed E-state index contributed by atoms with van der Waals surface area (Å²) in [4.78, 5) is 17.2. The van der Waals surface area contributed by atoms with Crippen LogP contribution in [0.25, 0.3) is 10.9 Å². The fraction of sp³-hybridized carbons (Fsp3) is 0. The minimum atomic E-state index is -1.07. The predicted octanol–water partition coefficient (Wildman–Crippen LogP) is 1.91. The molecule has 66 valence electrons. The molecule has 0 aliphatic carbocycles.